The summed E-state index contributed by atoms with van der Waals surface area (Å²) in [5, 5.41) is 3.37. The van der Waals surface area contributed by atoms with Gasteiger partial charge in [0.15, 0.2) is 0 Å². The topological polar surface area (TPSA) is 41.6 Å². The quantitative estimate of drug-likeness (QED) is 0.670. The van der Waals surface area contributed by atoms with E-state index in [4.69, 9.17) is 16.3 Å². The molecule has 0 unspecified atom stereocenters. The number of halogens is 2. The van der Waals surface area contributed by atoms with Crippen molar-refractivity contribution in [3.8, 4) is 5.75 Å². The van der Waals surface area contributed by atoms with Crippen LogP contribution in [0.2, 0.25) is 5.02 Å². The molecule has 0 spiro atoms. The van der Waals surface area contributed by atoms with Gasteiger partial charge in [-0.15, -0.1) is 0 Å². The molecule has 1 aliphatic heterocycles. The maximum atomic E-state index is 14.0. The van der Waals surface area contributed by atoms with Crippen molar-refractivity contribution in [2.75, 3.05) is 25.0 Å². The van der Waals surface area contributed by atoms with Crippen LogP contribution in [-0.2, 0) is 11.3 Å². The van der Waals surface area contributed by atoms with Gasteiger partial charge >= 0.3 is 0 Å². The number of likely N-dealkylation sites (tertiary alicyclic amines) is 1. The summed E-state index contributed by atoms with van der Waals surface area (Å²) in [5.41, 5.74) is 1.38. The highest BCUT2D eigenvalue weighted by Crippen LogP contribution is 2.23. The van der Waals surface area contributed by atoms with Crippen molar-refractivity contribution >= 4 is 23.2 Å². The molecule has 1 aliphatic rings. The average Bonchev–Trinajstić information content (AvgIpc) is 2.70. The predicted molar refractivity (Wildman–Crippen MR) is 110 cm³/mol. The maximum absolute atomic E-state index is 14.0. The maximum Gasteiger partial charge on any atom is 0.227 e. The van der Waals surface area contributed by atoms with E-state index in [1.165, 1.54) is 6.07 Å². The molecule has 0 aromatic heterocycles. The Bertz CT molecular complexity index is 818. The number of nitrogens with one attached hydrogen (secondary N) is 1. The summed E-state index contributed by atoms with van der Waals surface area (Å²) in [4.78, 5) is 14.7. The lowest BCUT2D eigenvalue weighted by Gasteiger charge is -2.31. The fourth-order valence-corrected chi connectivity index (χ4v) is 3.44. The third-order valence-corrected chi connectivity index (χ3v) is 5.09. The second kappa shape index (κ2) is 9.71. The van der Waals surface area contributed by atoms with Crippen LogP contribution in [0.4, 0.5) is 10.1 Å². The molecule has 2 aromatic rings. The van der Waals surface area contributed by atoms with Crippen molar-refractivity contribution in [3.05, 3.63) is 71.5 Å². The summed E-state index contributed by atoms with van der Waals surface area (Å²) < 4.78 is 19.4. The van der Waals surface area contributed by atoms with Crippen molar-refractivity contribution in [3.63, 3.8) is 0 Å². The average molecular weight is 403 g/mol. The van der Waals surface area contributed by atoms with Crippen LogP contribution in [0.5, 0.6) is 5.75 Å². The largest absolute Gasteiger partial charge is 0.490 e. The minimum atomic E-state index is -0.284. The first-order valence-corrected chi connectivity index (χ1v) is 9.74. The van der Waals surface area contributed by atoms with Gasteiger partial charge in [0.2, 0.25) is 5.91 Å². The van der Waals surface area contributed by atoms with Crippen molar-refractivity contribution in [1.82, 2.24) is 4.90 Å². The molecule has 0 atom stereocenters. The molecular weight excluding hydrogens is 379 g/mol. The van der Waals surface area contributed by atoms with E-state index in [9.17, 15) is 9.18 Å². The molecule has 2 aromatic carbocycles. The number of benzene rings is 2. The fraction of sp³-hybridized carbons (Fsp3) is 0.318. The summed E-state index contributed by atoms with van der Waals surface area (Å²) in [5.74, 6) is 0.439. The Balaban J connectivity index is 1.47. The van der Waals surface area contributed by atoms with Gasteiger partial charge in [-0.05, 0) is 62.3 Å². The molecule has 0 aliphatic carbocycles. The lowest BCUT2D eigenvalue weighted by Crippen LogP contribution is -2.37. The van der Waals surface area contributed by atoms with Crippen LogP contribution in [-0.4, -0.2) is 30.5 Å². The Labute approximate surface area is 169 Å². The van der Waals surface area contributed by atoms with Gasteiger partial charge < -0.3 is 10.1 Å². The Morgan fingerprint density at radius 2 is 1.96 bits per heavy atom. The van der Waals surface area contributed by atoms with Crippen molar-refractivity contribution in [2.24, 2.45) is 5.92 Å². The zero-order valence-corrected chi connectivity index (χ0v) is 16.4. The van der Waals surface area contributed by atoms with Gasteiger partial charge in [-0.25, -0.2) is 4.39 Å². The standard InChI is InChI=1S/C22H24ClFN2O2/c1-2-13-28-20-7-5-19(6-8-20)25-22(27)16-9-11-26(12-10-16)15-17-3-4-18(23)14-21(17)24/h2-8,14,16H,1,9-13,15H2,(H,25,27). The van der Waals surface area contributed by atoms with Crippen LogP contribution in [0.3, 0.4) is 0 Å². The van der Waals surface area contributed by atoms with E-state index in [-0.39, 0.29) is 17.6 Å². The van der Waals surface area contributed by atoms with Gasteiger partial charge in [-0.3, -0.25) is 9.69 Å². The number of ether oxygens (including phenoxy) is 1. The molecule has 1 fully saturated rings. The molecule has 4 nitrogen and oxygen atoms in total. The molecule has 0 saturated carbocycles. The minimum Gasteiger partial charge on any atom is -0.490 e. The molecule has 1 heterocycles. The molecule has 1 amide bonds. The highest BCUT2D eigenvalue weighted by molar-refractivity contribution is 6.30. The summed E-state index contributed by atoms with van der Waals surface area (Å²) in [7, 11) is 0. The fourth-order valence-electron chi connectivity index (χ4n) is 3.28. The molecule has 6 heteroatoms. The second-order valence-electron chi connectivity index (χ2n) is 6.90. The molecule has 3 rings (SSSR count). The molecule has 148 valence electrons. The van der Waals surface area contributed by atoms with E-state index < -0.39 is 0 Å². The predicted octanol–water partition coefficient (Wildman–Crippen LogP) is 4.89. The number of anilines is 1. The smallest absolute Gasteiger partial charge is 0.227 e. The van der Waals surface area contributed by atoms with Gasteiger partial charge in [0.1, 0.15) is 18.2 Å². The van der Waals surface area contributed by atoms with Crippen LogP contribution in [0.1, 0.15) is 18.4 Å². The monoisotopic (exact) mass is 402 g/mol. The van der Waals surface area contributed by atoms with Crippen molar-refractivity contribution < 1.29 is 13.9 Å². The SMILES string of the molecule is C=CCOc1ccc(NC(=O)C2CCN(Cc3ccc(Cl)cc3F)CC2)cc1. The van der Waals surface area contributed by atoms with Gasteiger partial charge in [0.05, 0.1) is 0 Å². The molecule has 0 radical (unpaired) electrons. The van der Waals surface area contributed by atoms with Crippen LogP contribution < -0.4 is 10.1 Å². The number of amides is 1. The van der Waals surface area contributed by atoms with E-state index >= 15 is 0 Å². The number of carbonyl (C=O) groups excluding carboxylic acids is 1. The first kappa shape index (κ1) is 20.4. The molecule has 1 saturated heterocycles. The number of rotatable bonds is 7. The third-order valence-electron chi connectivity index (χ3n) is 4.86. The normalized spacial score (nSPS) is 15.2. The highest BCUT2D eigenvalue weighted by atomic mass is 35.5. The summed E-state index contributed by atoms with van der Waals surface area (Å²) in [6.07, 6.45) is 3.19. The zero-order valence-electron chi connectivity index (χ0n) is 15.7. The number of piperidine rings is 1. The van der Waals surface area contributed by atoms with Crippen LogP contribution >= 0.6 is 11.6 Å². The molecule has 1 N–H and O–H groups in total. The Hall–Kier alpha value is -2.37. The summed E-state index contributed by atoms with van der Waals surface area (Å²) in [6.45, 7) is 6.11. The molecular formula is C22H24ClFN2O2. The van der Waals surface area contributed by atoms with Gasteiger partial charge in [0, 0.05) is 28.7 Å². The number of hydrogen-bond acceptors (Lipinski definition) is 3. The van der Waals surface area contributed by atoms with Crippen LogP contribution in [0.15, 0.2) is 55.1 Å². The first-order chi connectivity index (χ1) is 13.5. The van der Waals surface area contributed by atoms with Gasteiger partial charge in [-0.2, -0.15) is 0 Å². The Morgan fingerprint density at radius 1 is 1.25 bits per heavy atom. The molecule has 28 heavy (non-hydrogen) atoms. The van der Waals surface area contributed by atoms with E-state index in [1.54, 1.807) is 18.2 Å². The summed E-state index contributed by atoms with van der Waals surface area (Å²) in [6, 6.07) is 12.1. The van der Waals surface area contributed by atoms with Crippen molar-refractivity contribution in [2.45, 2.75) is 19.4 Å². The Morgan fingerprint density at radius 3 is 2.61 bits per heavy atom. The number of carbonyl (C=O) groups is 1. The van der Waals surface area contributed by atoms with E-state index in [0.29, 0.717) is 23.7 Å². The molecule has 0 bridgehead atoms. The van der Waals surface area contributed by atoms with Crippen LogP contribution in [0, 0.1) is 11.7 Å². The lowest BCUT2D eigenvalue weighted by molar-refractivity contribution is -0.121. The van der Waals surface area contributed by atoms with E-state index in [0.717, 1.165) is 37.4 Å². The summed E-state index contributed by atoms with van der Waals surface area (Å²) >= 11 is 5.80. The highest BCUT2D eigenvalue weighted by Gasteiger charge is 2.25. The van der Waals surface area contributed by atoms with E-state index in [2.05, 4.69) is 16.8 Å². The third kappa shape index (κ3) is 5.57. The van der Waals surface area contributed by atoms with Gasteiger partial charge in [-0.1, -0.05) is 30.3 Å². The van der Waals surface area contributed by atoms with E-state index in [1.807, 2.05) is 24.3 Å². The number of hydrogen-bond donors (Lipinski definition) is 1. The second-order valence-corrected chi connectivity index (χ2v) is 7.34. The van der Waals surface area contributed by atoms with Crippen molar-refractivity contribution in [1.29, 1.82) is 0 Å². The number of nitrogens with zero attached hydrogens (tertiary/aromatic N) is 1. The Kier molecular flexibility index (Phi) is 7.06. The van der Waals surface area contributed by atoms with Gasteiger partial charge in [0.25, 0.3) is 0 Å². The zero-order chi connectivity index (χ0) is 19.9. The lowest BCUT2D eigenvalue weighted by atomic mass is 9.95. The van der Waals surface area contributed by atoms with Crippen LogP contribution in [0.25, 0.3) is 0 Å². The minimum absolute atomic E-state index is 0.0251. The first-order valence-electron chi connectivity index (χ1n) is 9.36.